The van der Waals surface area contributed by atoms with E-state index in [1.54, 1.807) is 31.2 Å². The zero-order chi connectivity index (χ0) is 23.2. The predicted octanol–water partition coefficient (Wildman–Crippen LogP) is 2.47. The van der Waals surface area contributed by atoms with Crippen LogP contribution >= 0.6 is 0 Å². The Labute approximate surface area is 187 Å². The summed E-state index contributed by atoms with van der Waals surface area (Å²) in [5, 5.41) is 10.0. The molecule has 3 heterocycles. The van der Waals surface area contributed by atoms with Gasteiger partial charge < -0.3 is 14.9 Å². The normalized spacial score (nSPS) is 14.2. The van der Waals surface area contributed by atoms with Gasteiger partial charge in [-0.1, -0.05) is 6.07 Å². The fourth-order valence-electron chi connectivity index (χ4n) is 4.24. The summed E-state index contributed by atoms with van der Waals surface area (Å²) in [5.74, 6) is 0.902. The molecule has 8 nitrogen and oxygen atoms in total. The Morgan fingerprint density at radius 3 is 2.16 bits per heavy atom. The van der Waals surface area contributed by atoms with Crippen LogP contribution in [0, 0.1) is 27.7 Å². The van der Waals surface area contributed by atoms with Gasteiger partial charge >= 0.3 is 5.69 Å². The molecular formula is C24H29N5O3. The number of benzene rings is 1. The lowest BCUT2D eigenvalue weighted by molar-refractivity contribution is 0.0746. The highest BCUT2D eigenvalue weighted by Gasteiger charge is 2.24. The molecule has 32 heavy (non-hydrogen) atoms. The number of aryl methyl sites for hydroxylation is 3. The van der Waals surface area contributed by atoms with Crippen molar-refractivity contribution in [2.75, 3.05) is 31.1 Å². The zero-order valence-corrected chi connectivity index (χ0v) is 19.2. The summed E-state index contributed by atoms with van der Waals surface area (Å²) >= 11 is 0. The first-order valence-electron chi connectivity index (χ1n) is 10.8. The third-order valence-electron chi connectivity index (χ3n) is 6.32. The number of rotatable bonds is 3. The molecule has 168 valence electrons. The monoisotopic (exact) mass is 435 g/mol. The number of nitrogens with zero attached hydrogens (tertiary/aromatic N) is 5. The fraction of sp³-hybridized carbons (Fsp3) is 0.375. The molecule has 1 amide bonds. The molecule has 0 aliphatic carbocycles. The molecule has 1 fully saturated rings. The van der Waals surface area contributed by atoms with E-state index in [-0.39, 0.29) is 17.5 Å². The van der Waals surface area contributed by atoms with Crippen LogP contribution in [0.15, 0.2) is 35.1 Å². The van der Waals surface area contributed by atoms with E-state index in [0.717, 1.165) is 30.2 Å². The van der Waals surface area contributed by atoms with Gasteiger partial charge in [-0.25, -0.2) is 9.78 Å². The molecule has 0 spiro atoms. The number of carbonyl (C=O) groups excluding carboxylic acids is 1. The molecule has 0 unspecified atom stereocenters. The maximum Gasteiger partial charge on any atom is 0.335 e. The smallest absolute Gasteiger partial charge is 0.335 e. The summed E-state index contributed by atoms with van der Waals surface area (Å²) < 4.78 is 2.63. The minimum atomic E-state index is -0.328. The summed E-state index contributed by atoms with van der Waals surface area (Å²) in [6.07, 6.45) is 0. The third kappa shape index (κ3) is 3.66. The Kier molecular flexibility index (Phi) is 5.54. The van der Waals surface area contributed by atoms with E-state index in [1.165, 1.54) is 21.7 Å². The number of hydrogen-bond acceptors (Lipinski definition) is 5. The van der Waals surface area contributed by atoms with E-state index in [0.29, 0.717) is 30.0 Å². The van der Waals surface area contributed by atoms with Crippen LogP contribution in [-0.4, -0.2) is 56.2 Å². The molecule has 0 bridgehead atoms. The van der Waals surface area contributed by atoms with Gasteiger partial charge in [0.2, 0.25) is 5.88 Å². The van der Waals surface area contributed by atoms with Crippen molar-refractivity contribution in [1.82, 2.24) is 19.0 Å². The van der Waals surface area contributed by atoms with Crippen molar-refractivity contribution >= 4 is 11.7 Å². The van der Waals surface area contributed by atoms with Gasteiger partial charge in [0.25, 0.3) is 5.91 Å². The minimum Gasteiger partial charge on any atom is -0.493 e. The Hall–Kier alpha value is -3.55. The molecule has 1 N–H and O–H groups in total. The summed E-state index contributed by atoms with van der Waals surface area (Å²) in [7, 11) is 1.52. The molecule has 3 aromatic rings. The van der Waals surface area contributed by atoms with Crippen LogP contribution in [0.4, 0.5) is 5.82 Å². The molecule has 8 heteroatoms. The number of aromatic hydroxyl groups is 1. The van der Waals surface area contributed by atoms with Gasteiger partial charge in [0.1, 0.15) is 5.82 Å². The van der Waals surface area contributed by atoms with Gasteiger partial charge in [-0.05, 0) is 63.1 Å². The molecule has 2 aromatic heterocycles. The van der Waals surface area contributed by atoms with Crippen molar-refractivity contribution in [2.24, 2.45) is 7.05 Å². The number of pyridine rings is 1. The molecule has 0 atom stereocenters. The lowest BCUT2D eigenvalue weighted by atomic mass is 10.1. The second-order valence-electron chi connectivity index (χ2n) is 8.44. The van der Waals surface area contributed by atoms with E-state index in [4.69, 9.17) is 4.98 Å². The maximum absolute atomic E-state index is 13.0. The molecule has 1 saturated heterocycles. The van der Waals surface area contributed by atoms with Crippen LogP contribution in [0.1, 0.15) is 32.9 Å². The summed E-state index contributed by atoms with van der Waals surface area (Å²) in [4.78, 5) is 34.3. The summed E-state index contributed by atoms with van der Waals surface area (Å²) in [6.45, 7) is 10.6. The van der Waals surface area contributed by atoms with Crippen molar-refractivity contribution in [3.63, 3.8) is 0 Å². The first kappa shape index (κ1) is 21.7. The van der Waals surface area contributed by atoms with Crippen LogP contribution < -0.4 is 10.6 Å². The maximum atomic E-state index is 13.0. The number of imidazole rings is 1. The summed E-state index contributed by atoms with van der Waals surface area (Å²) in [6, 6.07) is 9.10. The Bertz CT molecular complexity index is 1230. The lowest BCUT2D eigenvalue weighted by Gasteiger charge is -2.36. The second-order valence-corrected chi connectivity index (χ2v) is 8.44. The number of carbonyl (C=O) groups is 1. The molecular weight excluding hydrogens is 406 g/mol. The van der Waals surface area contributed by atoms with Crippen molar-refractivity contribution in [3.8, 4) is 11.6 Å². The number of aromatic nitrogens is 3. The van der Waals surface area contributed by atoms with Crippen LogP contribution in [0.2, 0.25) is 0 Å². The number of hydrogen-bond donors (Lipinski definition) is 1. The number of amides is 1. The molecule has 1 aliphatic rings. The van der Waals surface area contributed by atoms with Crippen LogP contribution in [0.25, 0.3) is 5.69 Å². The van der Waals surface area contributed by atoms with Crippen molar-refractivity contribution in [1.29, 1.82) is 0 Å². The molecule has 0 radical (unpaired) electrons. The molecule has 4 rings (SSSR count). The highest BCUT2D eigenvalue weighted by molar-refractivity contribution is 5.94. The van der Waals surface area contributed by atoms with E-state index < -0.39 is 0 Å². The van der Waals surface area contributed by atoms with Crippen LogP contribution in [0.3, 0.4) is 0 Å². The average Bonchev–Trinajstić information content (AvgIpc) is 2.98. The quantitative estimate of drug-likeness (QED) is 0.683. The first-order valence-corrected chi connectivity index (χ1v) is 10.8. The Morgan fingerprint density at radius 2 is 1.59 bits per heavy atom. The molecule has 1 aliphatic heterocycles. The van der Waals surface area contributed by atoms with E-state index in [2.05, 4.69) is 24.8 Å². The SMILES string of the molecule is Cc1cc(C)c(N2CCN(C(=O)c3ccc(-n4c(C)c(O)n(C)c4=O)cc3)CC2)nc1C. The van der Waals surface area contributed by atoms with Gasteiger partial charge in [-0.3, -0.25) is 13.9 Å². The topological polar surface area (TPSA) is 83.6 Å². The minimum absolute atomic E-state index is 0.0269. The highest BCUT2D eigenvalue weighted by Crippen LogP contribution is 2.23. The third-order valence-corrected chi connectivity index (χ3v) is 6.32. The van der Waals surface area contributed by atoms with Gasteiger partial charge in [0.15, 0.2) is 0 Å². The van der Waals surface area contributed by atoms with Gasteiger partial charge in [0, 0.05) is 44.5 Å². The standard InChI is InChI=1S/C24H29N5O3/c1-15-14-16(2)21(25-17(15)3)27-10-12-28(13-11-27)23(31)19-6-8-20(9-7-19)29-18(4)22(30)26(5)24(29)32/h6-9,14,30H,10-13H2,1-5H3. The van der Waals surface area contributed by atoms with Crippen LogP contribution in [0.5, 0.6) is 5.88 Å². The highest BCUT2D eigenvalue weighted by atomic mass is 16.3. The van der Waals surface area contributed by atoms with E-state index >= 15 is 0 Å². The zero-order valence-electron chi connectivity index (χ0n) is 19.2. The van der Waals surface area contributed by atoms with E-state index in [9.17, 15) is 14.7 Å². The Morgan fingerprint density at radius 1 is 0.969 bits per heavy atom. The van der Waals surface area contributed by atoms with Gasteiger partial charge in [0.05, 0.1) is 11.4 Å². The number of anilines is 1. The van der Waals surface area contributed by atoms with Gasteiger partial charge in [-0.15, -0.1) is 0 Å². The average molecular weight is 436 g/mol. The van der Waals surface area contributed by atoms with Gasteiger partial charge in [-0.2, -0.15) is 0 Å². The largest absolute Gasteiger partial charge is 0.493 e. The van der Waals surface area contributed by atoms with Crippen LogP contribution in [-0.2, 0) is 7.05 Å². The van der Waals surface area contributed by atoms with Crippen molar-refractivity contribution in [2.45, 2.75) is 27.7 Å². The van der Waals surface area contributed by atoms with Crippen molar-refractivity contribution in [3.05, 3.63) is 68.9 Å². The fourth-order valence-corrected chi connectivity index (χ4v) is 4.24. The predicted molar refractivity (Wildman–Crippen MR) is 124 cm³/mol. The van der Waals surface area contributed by atoms with Crippen molar-refractivity contribution < 1.29 is 9.90 Å². The number of piperazine rings is 1. The van der Waals surface area contributed by atoms with E-state index in [1.807, 2.05) is 11.8 Å². The first-order chi connectivity index (χ1) is 15.2. The molecule has 1 aromatic carbocycles. The lowest BCUT2D eigenvalue weighted by Crippen LogP contribution is -2.49. The second kappa shape index (κ2) is 8.18. The molecule has 0 saturated carbocycles. The Balaban J connectivity index is 1.47. The summed E-state index contributed by atoms with van der Waals surface area (Å²) in [5.41, 5.74) is 4.70.